The van der Waals surface area contributed by atoms with Crippen LogP contribution in [0, 0.1) is 0 Å². The lowest BCUT2D eigenvalue weighted by Gasteiger charge is -2.31. The van der Waals surface area contributed by atoms with Gasteiger partial charge in [-0.05, 0) is 33.2 Å². The number of benzene rings is 5. The first-order chi connectivity index (χ1) is 19.6. The lowest BCUT2D eigenvalue weighted by Crippen LogP contribution is -2.17. The van der Waals surface area contributed by atoms with Crippen LogP contribution in [0.4, 0.5) is 0 Å². The van der Waals surface area contributed by atoms with Crippen molar-refractivity contribution < 1.29 is 18.9 Å². The first-order valence-corrected chi connectivity index (χ1v) is 15.3. The van der Waals surface area contributed by atoms with Crippen molar-refractivity contribution in [3.8, 4) is 5.75 Å². The first-order valence-electron chi connectivity index (χ1n) is 13.7. The van der Waals surface area contributed by atoms with Gasteiger partial charge in [-0.1, -0.05) is 154 Å². The molecule has 0 heterocycles. The highest BCUT2D eigenvalue weighted by Crippen LogP contribution is 2.51. The molecule has 41 heavy (non-hydrogen) atoms. The van der Waals surface area contributed by atoms with Crippen LogP contribution in [0.15, 0.2) is 133 Å². The van der Waals surface area contributed by atoms with E-state index in [2.05, 4.69) is 32.9 Å². The molecule has 0 aromatic heterocycles. The summed E-state index contributed by atoms with van der Waals surface area (Å²) in [6, 6.07) is 44.3. The molecule has 208 valence electrons. The third kappa shape index (κ3) is 6.69. The Morgan fingerprint density at radius 3 is 1.10 bits per heavy atom. The van der Waals surface area contributed by atoms with Crippen molar-refractivity contribution >= 4 is 7.82 Å². The van der Waals surface area contributed by atoms with E-state index in [-0.39, 0.29) is 23.0 Å². The smallest absolute Gasteiger partial charge is 0.404 e. The molecule has 5 aromatic carbocycles. The standard InChI is InChI=1S/C36H35O4P/c1-36(2,3)30-24-31(33(26-16-8-4-9-17-26)27-18-10-5-11-19-27)35(40-41(37,38)39)32(25-30)34(28-20-12-6-13-21-28)29-22-14-7-15-23-29/h4-25,33-34H,1-3H3,(H2,37,38,39). The average molecular weight is 563 g/mol. The van der Waals surface area contributed by atoms with Crippen molar-refractivity contribution in [2.75, 3.05) is 0 Å². The minimum Gasteiger partial charge on any atom is -0.404 e. The van der Waals surface area contributed by atoms with Crippen molar-refractivity contribution in [2.45, 2.75) is 38.0 Å². The van der Waals surface area contributed by atoms with E-state index in [0.29, 0.717) is 11.1 Å². The van der Waals surface area contributed by atoms with Crippen molar-refractivity contribution in [3.05, 3.63) is 172 Å². The summed E-state index contributed by atoms with van der Waals surface area (Å²) in [5.74, 6) is -0.443. The summed E-state index contributed by atoms with van der Waals surface area (Å²) in [6.45, 7) is 6.46. The number of phosphoric ester groups is 1. The van der Waals surface area contributed by atoms with Crippen LogP contribution in [-0.4, -0.2) is 9.79 Å². The Kier molecular flexibility index (Phi) is 8.28. The van der Waals surface area contributed by atoms with Gasteiger partial charge in [-0.3, -0.25) is 9.79 Å². The zero-order valence-electron chi connectivity index (χ0n) is 23.5. The van der Waals surface area contributed by atoms with E-state index in [1.54, 1.807) is 0 Å². The maximum atomic E-state index is 12.7. The van der Waals surface area contributed by atoms with Gasteiger partial charge in [-0.2, -0.15) is 0 Å². The summed E-state index contributed by atoms with van der Waals surface area (Å²) in [4.78, 5) is 20.6. The van der Waals surface area contributed by atoms with Crippen molar-refractivity contribution in [1.82, 2.24) is 0 Å². The second kappa shape index (κ2) is 11.9. The van der Waals surface area contributed by atoms with Gasteiger partial charge in [0.1, 0.15) is 5.75 Å². The van der Waals surface area contributed by atoms with Crippen molar-refractivity contribution in [1.29, 1.82) is 0 Å². The zero-order chi connectivity index (χ0) is 29.0. The van der Waals surface area contributed by atoms with E-state index < -0.39 is 7.82 Å². The van der Waals surface area contributed by atoms with Crippen LogP contribution in [0.1, 0.15) is 71.6 Å². The highest BCUT2D eigenvalue weighted by Gasteiger charge is 2.33. The van der Waals surface area contributed by atoms with Gasteiger partial charge in [0, 0.05) is 23.0 Å². The Morgan fingerprint density at radius 2 is 0.854 bits per heavy atom. The van der Waals surface area contributed by atoms with E-state index in [9.17, 15) is 14.4 Å². The van der Waals surface area contributed by atoms with Crippen LogP contribution in [-0.2, 0) is 9.98 Å². The molecule has 0 saturated heterocycles. The molecule has 5 heteroatoms. The number of rotatable bonds is 8. The molecule has 5 rings (SSSR count). The predicted octanol–water partition coefficient (Wildman–Crippen LogP) is 8.82. The predicted molar refractivity (Wildman–Crippen MR) is 165 cm³/mol. The number of phosphoric acid groups is 1. The molecule has 5 aromatic rings. The molecule has 0 amide bonds. The van der Waals surface area contributed by atoms with Crippen LogP contribution in [0.3, 0.4) is 0 Å². The second-order valence-electron chi connectivity index (χ2n) is 11.3. The Morgan fingerprint density at radius 1 is 0.561 bits per heavy atom. The SMILES string of the molecule is CC(C)(C)c1cc(C(c2ccccc2)c2ccccc2)c(OP(=O)(O)O)c(C(c2ccccc2)c2ccccc2)c1. The van der Waals surface area contributed by atoms with Crippen LogP contribution in [0.2, 0.25) is 0 Å². The third-order valence-corrected chi connectivity index (χ3v) is 7.80. The molecule has 0 radical (unpaired) electrons. The fourth-order valence-electron chi connectivity index (χ4n) is 5.45. The van der Waals surface area contributed by atoms with Crippen molar-refractivity contribution in [2.24, 2.45) is 0 Å². The van der Waals surface area contributed by atoms with E-state index >= 15 is 0 Å². The molecule has 4 nitrogen and oxygen atoms in total. The monoisotopic (exact) mass is 562 g/mol. The highest BCUT2D eigenvalue weighted by atomic mass is 31.2. The lowest BCUT2D eigenvalue weighted by molar-refractivity contribution is 0.281. The van der Waals surface area contributed by atoms with Gasteiger partial charge in [-0.15, -0.1) is 0 Å². The minimum atomic E-state index is -4.94. The fourth-order valence-corrected chi connectivity index (χ4v) is 5.89. The molecular formula is C36H35O4P. The summed E-state index contributed by atoms with van der Waals surface area (Å²) in [5.41, 5.74) is 6.23. The Labute approximate surface area is 242 Å². The van der Waals surface area contributed by atoms with E-state index in [4.69, 9.17) is 4.52 Å². The van der Waals surface area contributed by atoms with Gasteiger partial charge in [0.15, 0.2) is 0 Å². The number of hydrogen-bond acceptors (Lipinski definition) is 2. The van der Waals surface area contributed by atoms with Gasteiger partial charge in [0.05, 0.1) is 0 Å². The van der Waals surface area contributed by atoms with Crippen LogP contribution in [0.25, 0.3) is 0 Å². The molecule has 0 aliphatic rings. The molecule has 0 aliphatic heterocycles. The summed E-state index contributed by atoms with van der Waals surface area (Å²) in [5, 5.41) is 0. The Hall–Kier alpha value is -3.95. The highest BCUT2D eigenvalue weighted by molar-refractivity contribution is 7.46. The zero-order valence-corrected chi connectivity index (χ0v) is 24.4. The molecule has 0 atom stereocenters. The van der Waals surface area contributed by atoms with Gasteiger partial charge < -0.3 is 4.52 Å². The number of hydrogen-bond donors (Lipinski definition) is 2. The van der Waals surface area contributed by atoms with Gasteiger partial charge in [0.2, 0.25) is 0 Å². The quantitative estimate of drug-likeness (QED) is 0.146. The van der Waals surface area contributed by atoms with Gasteiger partial charge in [0.25, 0.3) is 0 Å². The third-order valence-electron chi connectivity index (χ3n) is 7.38. The Balaban J connectivity index is 1.91. The summed E-state index contributed by atoms with van der Waals surface area (Å²) in [7, 11) is -4.94. The summed E-state index contributed by atoms with van der Waals surface area (Å²) in [6.07, 6.45) is 0. The van der Waals surface area contributed by atoms with E-state index in [1.807, 2.05) is 121 Å². The maximum Gasteiger partial charge on any atom is 0.524 e. The largest absolute Gasteiger partial charge is 0.524 e. The summed E-state index contributed by atoms with van der Waals surface area (Å²) >= 11 is 0. The molecular weight excluding hydrogens is 527 g/mol. The van der Waals surface area contributed by atoms with Gasteiger partial charge in [-0.25, -0.2) is 4.57 Å². The Bertz CT molecular complexity index is 1440. The summed E-state index contributed by atoms with van der Waals surface area (Å²) < 4.78 is 18.4. The molecule has 0 spiro atoms. The topological polar surface area (TPSA) is 66.8 Å². The minimum absolute atomic E-state index is 0.210. The molecule has 0 unspecified atom stereocenters. The first kappa shape index (κ1) is 28.6. The van der Waals surface area contributed by atoms with Gasteiger partial charge >= 0.3 is 7.82 Å². The molecule has 2 N–H and O–H groups in total. The maximum absolute atomic E-state index is 12.7. The lowest BCUT2D eigenvalue weighted by atomic mass is 9.75. The van der Waals surface area contributed by atoms with Crippen LogP contribution in [0.5, 0.6) is 5.75 Å². The molecule has 0 aliphatic carbocycles. The van der Waals surface area contributed by atoms with Crippen molar-refractivity contribution in [3.63, 3.8) is 0 Å². The molecule has 0 bridgehead atoms. The van der Waals surface area contributed by atoms with E-state index in [1.165, 1.54) is 0 Å². The molecule has 0 fully saturated rings. The van der Waals surface area contributed by atoms with E-state index in [0.717, 1.165) is 27.8 Å². The average Bonchev–Trinajstić information content (AvgIpc) is 2.96. The normalized spacial score (nSPS) is 12.1. The van der Waals surface area contributed by atoms with Crippen LogP contribution < -0.4 is 4.52 Å². The second-order valence-corrected chi connectivity index (χ2v) is 12.5. The molecule has 0 saturated carbocycles. The van der Waals surface area contributed by atoms with Crippen LogP contribution >= 0.6 is 7.82 Å². The fraction of sp³-hybridized carbons (Fsp3) is 0.167.